The third kappa shape index (κ3) is 2.45. The Morgan fingerprint density at radius 2 is 2.00 bits per heavy atom. The molecule has 5 heteroatoms. The highest BCUT2D eigenvalue weighted by Gasteiger charge is 2.28. The number of anilines is 1. The lowest BCUT2D eigenvalue weighted by Gasteiger charge is -2.05. The summed E-state index contributed by atoms with van der Waals surface area (Å²) in [6.07, 6.45) is 0. The van der Waals surface area contributed by atoms with Crippen LogP contribution in [-0.2, 0) is 4.79 Å². The number of hydrogen-bond donors (Lipinski definition) is 1. The Hall–Kier alpha value is -2.14. The van der Waals surface area contributed by atoms with E-state index in [1.165, 1.54) is 0 Å². The second-order valence-electron chi connectivity index (χ2n) is 4.73. The standard InChI is InChI=1S/C16H13BrN2O2/c1-9-7-10(17)8-11-14(9)19-16(20)15(11)18-12-5-3-4-6-13(12)21-2/h3-8H,1-2H3,(H,18,19,20). The molecule has 1 aliphatic rings. The average molecular weight is 345 g/mol. The van der Waals surface area contributed by atoms with Gasteiger partial charge in [-0.25, -0.2) is 4.99 Å². The van der Waals surface area contributed by atoms with Crippen LogP contribution in [-0.4, -0.2) is 18.7 Å². The van der Waals surface area contributed by atoms with E-state index >= 15 is 0 Å². The molecule has 106 valence electrons. The summed E-state index contributed by atoms with van der Waals surface area (Å²) in [5.41, 5.74) is 3.65. The summed E-state index contributed by atoms with van der Waals surface area (Å²) in [5.74, 6) is 0.440. The van der Waals surface area contributed by atoms with Crippen LogP contribution in [0.15, 0.2) is 45.9 Å². The van der Waals surface area contributed by atoms with Crippen molar-refractivity contribution in [3.63, 3.8) is 0 Å². The smallest absolute Gasteiger partial charge is 0.275 e. The number of hydrogen-bond acceptors (Lipinski definition) is 3. The first-order valence-electron chi connectivity index (χ1n) is 6.43. The number of nitrogens with zero attached hydrogens (tertiary/aromatic N) is 1. The number of halogens is 1. The minimum Gasteiger partial charge on any atom is -0.494 e. The minimum absolute atomic E-state index is 0.197. The minimum atomic E-state index is -0.197. The van der Waals surface area contributed by atoms with Gasteiger partial charge in [0.1, 0.15) is 17.1 Å². The zero-order valence-corrected chi connectivity index (χ0v) is 13.2. The fourth-order valence-corrected chi connectivity index (χ4v) is 2.92. The number of benzene rings is 2. The van der Waals surface area contributed by atoms with Crippen LogP contribution in [0.25, 0.3) is 0 Å². The molecule has 0 radical (unpaired) electrons. The fraction of sp³-hybridized carbons (Fsp3) is 0.125. The van der Waals surface area contributed by atoms with E-state index in [-0.39, 0.29) is 5.91 Å². The summed E-state index contributed by atoms with van der Waals surface area (Å²) >= 11 is 3.46. The summed E-state index contributed by atoms with van der Waals surface area (Å²) in [6.45, 7) is 1.95. The van der Waals surface area contributed by atoms with Crippen molar-refractivity contribution in [1.82, 2.24) is 0 Å². The highest BCUT2D eigenvalue weighted by atomic mass is 79.9. The van der Waals surface area contributed by atoms with Gasteiger partial charge in [-0.05, 0) is 36.8 Å². The Kier molecular flexibility index (Phi) is 3.51. The molecular formula is C16H13BrN2O2. The van der Waals surface area contributed by atoms with Gasteiger partial charge in [0.05, 0.1) is 12.8 Å². The van der Waals surface area contributed by atoms with Crippen LogP contribution >= 0.6 is 15.9 Å². The molecule has 4 nitrogen and oxygen atoms in total. The summed E-state index contributed by atoms with van der Waals surface area (Å²) in [5, 5.41) is 2.87. The Balaban J connectivity index is 2.17. The zero-order chi connectivity index (χ0) is 15.0. The molecule has 1 N–H and O–H groups in total. The van der Waals surface area contributed by atoms with Crippen molar-refractivity contribution < 1.29 is 9.53 Å². The number of nitrogens with one attached hydrogen (secondary N) is 1. The summed E-state index contributed by atoms with van der Waals surface area (Å²) in [6, 6.07) is 11.2. The van der Waals surface area contributed by atoms with Gasteiger partial charge in [-0.3, -0.25) is 4.79 Å². The number of para-hydroxylation sites is 2. The van der Waals surface area contributed by atoms with Crippen molar-refractivity contribution >= 4 is 38.9 Å². The number of fused-ring (bicyclic) bond motifs is 1. The van der Waals surface area contributed by atoms with Crippen molar-refractivity contribution in [2.45, 2.75) is 6.92 Å². The number of carbonyl (C=O) groups excluding carboxylic acids is 1. The normalized spacial score (nSPS) is 15.0. The maximum Gasteiger partial charge on any atom is 0.275 e. The van der Waals surface area contributed by atoms with Crippen molar-refractivity contribution in [2.75, 3.05) is 12.4 Å². The molecule has 1 heterocycles. The lowest BCUT2D eigenvalue weighted by atomic mass is 10.1. The van der Waals surface area contributed by atoms with Gasteiger partial charge in [-0.2, -0.15) is 0 Å². The van der Waals surface area contributed by atoms with Gasteiger partial charge in [0.15, 0.2) is 0 Å². The van der Waals surface area contributed by atoms with Gasteiger partial charge in [-0.15, -0.1) is 0 Å². The molecule has 0 unspecified atom stereocenters. The molecule has 2 aromatic rings. The van der Waals surface area contributed by atoms with Crippen LogP contribution in [0.3, 0.4) is 0 Å². The third-order valence-electron chi connectivity index (χ3n) is 3.33. The number of ether oxygens (including phenoxy) is 1. The molecular weight excluding hydrogens is 332 g/mol. The van der Waals surface area contributed by atoms with Gasteiger partial charge in [0.2, 0.25) is 0 Å². The van der Waals surface area contributed by atoms with E-state index in [2.05, 4.69) is 26.2 Å². The number of rotatable bonds is 2. The predicted octanol–water partition coefficient (Wildman–Crippen LogP) is 3.84. The third-order valence-corrected chi connectivity index (χ3v) is 3.78. The number of methoxy groups -OCH3 is 1. The van der Waals surface area contributed by atoms with Crippen LogP contribution in [0.5, 0.6) is 5.75 Å². The molecule has 1 amide bonds. The number of aliphatic imine (C=N–C) groups is 1. The SMILES string of the molecule is COc1ccccc1N=C1C(=O)Nc2c(C)cc(Br)cc21. The molecule has 1 aliphatic heterocycles. The molecule has 0 bridgehead atoms. The number of carbonyl (C=O) groups is 1. The highest BCUT2D eigenvalue weighted by molar-refractivity contribution is 9.10. The van der Waals surface area contributed by atoms with E-state index in [1.54, 1.807) is 7.11 Å². The molecule has 2 aromatic carbocycles. The van der Waals surface area contributed by atoms with Crippen molar-refractivity contribution in [2.24, 2.45) is 4.99 Å². The van der Waals surface area contributed by atoms with Crippen molar-refractivity contribution in [3.05, 3.63) is 52.0 Å². The molecule has 0 atom stereocenters. The van der Waals surface area contributed by atoms with E-state index in [0.717, 1.165) is 21.3 Å². The predicted molar refractivity (Wildman–Crippen MR) is 86.7 cm³/mol. The average Bonchev–Trinajstić information content (AvgIpc) is 2.77. The Morgan fingerprint density at radius 1 is 1.24 bits per heavy atom. The van der Waals surface area contributed by atoms with E-state index in [4.69, 9.17) is 4.74 Å². The van der Waals surface area contributed by atoms with E-state index in [1.807, 2.05) is 43.3 Å². The first-order valence-corrected chi connectivity index (χ1v) is 7.23. The van der Waals surface area contributed by atoms with Gasteiger partial charge < -0.3 is 10.1 Å². The van der Waals surface area contributed by atoms with Gasteiger partial charge in [-0.1, -0.05) is 28.1 Å². The van der Waals surface area contributed by atoms with Gasteiger partial charge >= 0.3 is 0 Å². The van der Waals surface area contributed by atoms with Crippen molar-refractivity contribution in [1.29, 1.82) is 0 Å². The molecule has 0 spiro atoms. The van der Waals surface area contributed by atoms with Gasteiger partial charge in [0, 0.05) is 10.0 Å². The van der Waals surface area contributed by atoms with E-state index in [0.29, 0.717) is 17.1 Å². The molecule has 0 aliphatic carbocycles. The van der Waals surface area contributed by atoms with Crippen LogP contribution < -0.4 is 10.1 Å². The highest BCUT2D eigenvalue weighted by Crippen LogP contribution is 2.34. The van der Waals surface area contributed by atoms with Crippen LogP contribution in [0, 0.1) is 6.92 Å². The molecule has 3 rings (SSSR count). The Morgan fingerprint density at radius 3 is 2.76 bits per heavy atom. The Bertz CT molecular complexity index is 769. The molecule has 21 heavy (non-hydrogen) atoms. The molecule has 0 aromatic heterocycles. The van der Waals surface area contributed by atoms with Crippen LogP contribution in [0.2, 0.25) is 0 Å². The lowest BCUT2D eigenvalue weighted by molar-refractivity contribution is -0.110. The van der Waals surface area contributed by atoms with Crippen LogP contribution in [0.4, 0.5) is 11.4 Å². The Labute approximate surface area is 131 Å². The molecule has 0 saturated heterocycles. The summed E-state index contributed by atoms with van der Waals surface area (Å²) < 4.78 is 6.20. The molecule has 0 saturated carbocycles. The summed E-state index contributed by atoms with van der Waals surface area (Å²) in [4.78, 5) is 16.7. The van der Waals surface area contributed by atoms with E-state index in [9.17, 15) is 4.79 Å². The second kappa shape index (κ2) is 5.33. The van der Waals surface area contributed by atoms with Crippen LogP contribution in [0.1, 0.15) is 11.1 Å². The lowest BCUT2D eigenvalue weighted by Crippen LogP contribution is -2.14. The topological polar surface area (TPSA) is 50.7 Å². The maximum absolute atomic E-state index is 12.2. The number of amides is 1. The van der Waals surface area contributed by atoms with Gasteiger partial charge in [0.25, 0.3) is 5.91 Å². The first-order chi connectivity index (χ1) is 10.1. The quantitative estimate of drug-likeness (QED) is 0.899. The number of aryl methyl sites for hydroxylation is 1. The largest absolute Gasteiger partial charge is 0.494 e. The van der Waals surface area contributed by atoms with E-state index < -0.39 is 0 Å². The second-order valence-corrected chi connectivity index (χ2v) is 5.65. The zero-order valence-electron chi connectivity index (χ0n) is 11.6. The molecule has 0 fully saturated rings. The maximum atomic E-state index is 12.2. The first kappa shape index (κ1) is 13.8. The monoisotopic (exact) mass is 344 g/mol. The fourth-order valence-electron chi connectivity index (χ4n) is 2.34. The summed E-state index contributed by atoms with van der Waals surface area (Å²) in [7, 11) is 1.59. The van der Waals surface area contributed by atoms with Crippen molar-refractivity contribution in [3.8, 4) is 5.75 Å².